The molecule has 96 valence electrons. The number of ketones is 1. The molecule has 0 aliphatic heterocycles. The topological polar surface area (TPSA) is 116 Å². The maximum atomic E-state index is 11.9. The molecule has 2 aliphatic rings. The van der Waals surface area contributed by atoms with Crippen LogP contribution in [0.5, 0.6) is 0 Å². The summed E-state index contributed by atoms with van der Waals surface area (Å²) in [5.41, 5.74) is -0.394. The number of allylic oxidation sites excluding steroid dienone is 3. The fraction of sp³-hybridized carbons (Fsp3) is 0.545. The van der Waals surface area contributed by atoms with Crippen molar-refractivity contribution in [2.45, 2.75) is 25.3 Å². The van der Waals surface area contributed by atoms with E-state index in [1.165, 1.54) is 6.08 Å². The first-order chi connectivity index (χ1) is 8.60. The van der Waals surface area contributed by atoms with Crippen LogP contribution < -0.4 is 0 Å². The minimum atomic E-state index is -1.02. The molecule has 0 aromatic rings. The number of Topliss-reactive ketones (excluding diaryl/α,β-unsaturated/α-hetero) is 1. The second-order valence-corrected chi connectivity index (χ2v) is 4.49. The van der Waals surface area contributed by atoms with E-state index in [2.05, 4.69) is 10.4 Å². The molecule has 3 unspecified atom stereocenters. The molecule has 0 saturated heterocycles. The number of nitrogens with zero attached hydrogens (tertiary/aromatic N) is 2. The highest BCUT2D eigenvalue weighted by molar-refractivity contribution is 5.97. The highest BCUT2D eigenvalue weighted by Crippen LogP contribution is 2.41. The van der Waals surface area contributed by atoms with Gasteiger partial charge in [0, 0.05) is 0 Å². The Hall–Kier alpha value is -2.05. The summed E-state index contributed by atoms with van der Waals surface area (Å²) in [6.07, 6.45) is 2.57. The second-order valence-electron chi connectivity index (χ2n) is 4.49. The van der Waals surface area contributed by atoms with Gasteiger partial charge in [-0.3, -0.25) is 4.79 Å². The van der Waals surface area contributed by atoms with Crippen LogP contribution in [0.1, 0.15) is 19.3 Å². The minimum Gasteiger partial charge on any atom is -0.509 e. The SMILES string of the molecule is O=NC1=C(O)C2C(=O)C(O)=CCCC2CC1N=O. The zero-order valence-electron chi connectivity index (χ0n) is 9.44. The Balaban J connectivity index is 2.47. The maximum absolute atomic E-state index is 11.9. The first-order valence-electron chi connectivity index (χ1n) is 5.62. The van der Waals surface area contributed by atoms with Crippen molar-refractivity contribution < 1.29 is 15.0 Å². The molecule has 0 radical (unpaired) electrons. The van der Waals surface area contributed by atoms with Crippen LogP contribution in [-0.2, 0) is 4.79 Å². The fourth-order valence-corrected chi connectivity index (χ4v) is 2.61. The molecule has 2 aliphatic carbocycles. The van der Waals surface area contributed by atoms with Crippen LogP contribution >= 0.6 is 0 Å². The lowest BCUT2D eigenvalue weighted by molar-refractivity contribution is -0.123. The van der Waals surface area contributed by atoms with Crippen molar-refractivity contribution >= 4 is 5.78 Å². The van der Waals surface area contributed by atoms with Gasteiger partial charge in [0.25, 0.3) is 0 Å². The van der Waals surface area contributed by atoms with E-state index in [0.29, 0.717) is 12.8 Å². The molecule has 2 rings (SSSR count). The lowest BCUT2D eigenvalue weighted by Gasteiger charge is -2.30. The van der Waals surface area contributed by atoms with E-state index in [4.69, 9.17) is 0 Å². The summed E-state index contributed by atoms with van der Waals surface area (Å²) in [7, 11) is 0. The average Bonchev–Trinajstić information content (AvgIpc) is 2.50. The third kappa shape index (κ3) is 1.81. The predicted molar refractivity (Wildman–Crippen MR) is 61.6 cm³/mol. The highest BCUT2D eigenvalue weighted by Gasteiger charge is 2.44. The summed E-state index contributed by atoms with van der Waals surface area (Å²) < 4.78 is 0. The zero-order chi connectivity index (χ0) is 13.3. The predicted octanol–water partition coefficient (Wildman–Crippen LogP) is 2.10. The standard InChI is InChI=1S/C11H12N2O5/c14-7-3-1-2-5-4-6(12-17)9(13-18)11(16)8(5)10(7)15/h3,5-6,8,14,16H,1-2,4H2. The van der Waals surface area contributed by atoms with Gasteiger partial charge in [0.15, 0.2) is 11.5 Å². The third-order valence-corrected chi connectivity index (χ3v) is 3.51. The molecule has 0 amide bonds. The Kier molecular flexibility index (Phi) is 3.22. The van der Waals surface area contributed by atoms with E-state index < -0.39 is 35.0 Å². The van der Waals surface area contributed by atoms with Crippen LogP contribution in [0.4, 0.5) is 0 Å². The summed E-state index contributed by atoms with van der Waals surface area (Å²) >= 11 is 0. The van der Waals surface area contributed by atoms with Crippen LogP contribution in [0.3, 0.4) is 0 Å². The number of aliphatic hydroxyl groups excluding tert-OH is 2. The van der Waals surface area contributed by atoms with Gasteiger partial charge in [-0.1, -0.05) is 5.18 Å². The van der Waals surface area contributed by atoms with Crippen molar-refractivity contribution in [2.24, 2.45) is 22.2 Å². The van der Waals surface area contributed by atoms with Gasteiger partial charge in [-0.15, -0.1) is 4.91 Å². The van der Waals surface area contributed by atoms with Crippen molar-refractivity contribution in [3.05, 3.63) is 33.1 Å². The number of carbonyl (C=O) groups is 1. The first kappa shape index (κ1) is 12.4. The van der Waals surface area contributed by atoms with E-state index in [-0.39, 0.29) is 12.3 Å². The van der Waals surface area contributed by atoms with Crippen LogP contribution in [0.25, 0.3) is 0 Å². The van der Waals surface area contributed by atoms with Gasteiger partial charge in [-0.2, -0.15) is 4.91 Å². The fourth-order valence-electron chi connectivity index (χ4n) is 2.61. The van der Waals surface area contributed by atoms with Crippen molar-refractivity contribution in [2.75, 3.05) is 0 Å². The molecule has 0 bridgehead atoms. The Morgan fingerprint density at radius 1 is 1.28 bits per heavy atom. The average molecular weight is 252 g/mol. The van der Waals surface area contributed by atoms with Crippen molar-refractivity contribution in [1.82, 2.24) is 0 Å². The van der Waals surface area contributed by atoms with Gasteiger partial charge in [0.05, 0.1) is 5.92 Å². The molecule has 3 atom stereocenters. The molecular weight excluding hydrogens is 240 g/mol. The maximum Gasteiger partial charge on any atom is 0.207 e. The number of rotatable bonds is 2. The van der Waals surface area contributed by atoms with Gasteiger partial charge in [-0.25, -0.2) is 0 Å². The largest absolute Gasteiger partial charge is 0.509 e. The minimum absolute atomic E-state index is 0.187. The molecule has 0 heterocycles. The molecule has 0 spiro atoms. The number of aliphatic hydroxyl groups is 2. The first-order valence-corrected chi connectivity index (χ1v) is 5.62. The molecule has 7 nitrogen and oxygen atoms in total. The Labute approximate surface area is 102 Å². The molecule has 0 aromatic carbocycles. The van der Waals surface area contributed by atoms with Crippen LogP contribution in [0.2, 0.25) is 0 Å². The highest BCUT2D eigenvalue weighted by atomic mass is 16.3. The summed E-state index contributed by atoms with van der Waals surface area (Å²) in [6.45, 7) is 0. The number of carbonyl (C=O) groups excluding carboxylic acids is 1. The van der Waals surface area contributed by atoms with Crippen LogP contribution in [0.15, 0.2) is 33.6 Å². The van der Waals surface area contributed by atoms with Gasteiger partial charge < -0.3 is 10.2 Å². The normalized spacial score (nSPS) is 32.3. The quantitative estimate of drug-likeness (QED) is 0.730. The Morgan fingerprint density at radius 3 is 2.61 bits per heavy atom. The monoisotopic (exact) mass is 252 g/mol. The smallest absolute Gasteiger partial charge is 0.207 e. The Bertz CT molecular complexity index is 468. The molecule has 18 heavy (non-hydrogen) atoms. The summed E-state index contributed by atoms with van der Waals surface area (Å²) in [5.74, 6) is -2.89. The lowest BCUT2D eigenvalue weighted by Crippen LogP contribution is -2.34. The number of hydrogen-bond donors (Lipinski definition) is 2. The molecule has 0 saturated carbocycles. The second kappa shape index (κ2) is 4.67. The summed E-state index contributed by atoms with van der Waals surface area (Å²) in [6, 6.07) is -1.02. The van der Waals surface area contributed by atoms with E-state index >= 15 is 0 Å². The zero-order valence-corrected chi connectivity index (χ0v) is 9.44. The molecule has 0 fully saturated rings. The van der Waals surface area contributed by atoms with E-state index in [9.17, 15) is 24.8 Å². The van der Waals surface area contributed by atoms with Gasteiger partial charge in [-0.05, 0) is 36.4 Å². The number of hydrogen-bond acceptors (Lipinski definition) is 7. The van der Waals surface area contributed by atoms with E-state index in [0.717, 1.165) is 0 Å². The lowest BCUT2D eigenvalue weighted by atomic mass is 9.75. The molecule has 2 N–H and O–H groups in total. The van der Waals surface area contributed by atoms with E-state index in [1.54, 1.807) is 0 Å². The molecule has 7 heteroatoms. The summed E-state index contributed by atoms with van der Waals surface area (Å²) in [4.78, 5) is 33.2. The van der Waals surface area contributed by atoms with Gasteiger partial charge in [0.2, 0.25) is 5.78 Å². The van der Waals surface area contributed by atoms with Gasteiger partial charge >= 0.3 is 0 Å². The third-order valence-electron chi connectivity index (χ3n) is 3.51. The molecular formula is C11H12N2O5. The van der Waals surface area contributed by atoms with Crippen molar-refractivity contribution in [3.8, 4) is 0 Å². The van der Waals surface area contributed by atoms with Crippen LogP contribution in [0, 0.1) is 21.6 Å². The van der Waals surface area contributed by atoms with Crippen molar-refractivity contribution in [3.63, 3.8) is 0 Å². The molecule has 0 aromatic heterocycles. The Morgan fingerprint density at radius 2 is 2.00 bits per heavy atom. The van der Waals surface area contributed by atoms with Gasteiger partial charge in [0.1, 0.15) is 11.8 Å². The summed E-state index contributed by atoms with van der Waals surface area (Å²) in [5, 5.41) is 24.7. The number of nitroso groups, excluding NO2 is 2. The van der Waals surface area contributed by atoms with Crippen molar-refractivity contribution in [1.29, 1.82) is 0 Å². The number of fused-ring (bicyclic) bond motifs is 1. The van der Waals surface area contributed by atoms with Crippen LogP contribution in [-0.4, -0.2) is 22.0 Å². The van der Waals surface area contributed by atoms with E-state index in [1.807, 2.05) is 0 Å².